The SMILES string of the molecule is NNc1c(F)c2c(c3c1c(=O)c(C(=O)O)cn3C1CC1)SCC1CC(N)CN21. The molecule has 3 aliphatic rings. The van der Waals surface area contributed by atoms with Crippen molar-refractivity contribution >= 4 is 40.0 Å². The highest BCUT2D eigenvalue weighted by molar-refractivity contribution is 7.99. The number of thioether (sulfide) groups is 1. The third-order valence-corrected chi connectivity index (χ3v) is 7.04. The van der Waals surface area contributed by atoms with Crippen LogP contribution in [0.1, 0.15) is 35.7 Å². The topological polar surface area (TPSA) is 127 Å². The number of hydrazine groups is 1. The van der Waals surface area contributed by atoms with Crippen LogP contribution in [0.3, 0.4) is 0 Å². The average molecular weight is 405 g/mol. The summed E-state index contributed by atoms with van der Waals surface area (Å²) >= 11 is 1.50. The number of halogens is 1. The summed E-state index contributed by atoms with van der Waals surface area (Å²) in [5.41, 5.74) is 8.15. The Labute approximate surface area is 163 Å². The number of fused-ring (bicyclic) bond motifs is 5. The smallest absolute Gasteiger partial charge is 0.341 e. The number of hydrogen-bond acceptors (Lipinski definition) is 7. The van der Waals surface area contributed by atoms with Gasteiger partial charge in [-0.15, -0.1) is 11.8 Å². The molecule has 148 valence electrons. The van der Waals surface area contributed by atoms with Crippen molar-refractivity contribution in [1.82, 2.24) is 4.57 Å². The van der Waals surface area contributed by atoms with Crippen LogP contribution in [-0.4, -0.2) is 40.0 Å². The molecule has 1 aromatic heterocycles. The van der Waals surface area contributed by atoms with E-state index in [0.717, 1.165) is 25.0 Å². The molecule has 0 spiro atoms. The van der Waals surface area contributed by atoms with E-state index in [0.29, 0.717) is 22.6 Å². The molecular formula is C18H20FN5O3S. The van der Waals surface area contributed by atoms with E-state index in [-0.39, 0.29) is 34.8 Å². The molecule has 5 rings (SSSR count). The zero-order valence-corrected chi connectivity index (χ0v) is 15.8. The van der Waals surface area contributed by atoms with Crippen molar-refractivity contribution < 1.29 is 14.3 Å². The van der Waals surface area contributed by atoms with Crippen molar-refractivity contribution in [2.45, 2.75) is 42.3 Å². The predicted molar refractivity (Wildman–Crippen MR) is 106 cm³/mol. The van der Waals surface area contributed by atoms with Crippen LogP contribution in [0.2, 0.25) is 0 Å². The summed E-state index contributed by atoms with van der Waals surface area (Å²) in [5, 5.41) is 9.49. The largest absolute Gasteiger partial charge is 0.477 e. The lowest BCUT2D eigenvalue weighted by Crippen LogP contribution is -2.36. The molecule has 10 heteroatoms. The number of carboxylic acids is 1. The fraction of sp³-hybridized carbons (Fsp3) is 0.444. The summed E-state index contributed by atoms with van der Waals surface area (Å²) in [6, 6.07) is 0.186. The number of pyridine rings is 1. The quantitative estimate of drug-likeness (QED) is 0.447. The number of anilines is 2. The minimum absolute atomic E-state index is 0.00000425. The third-order valence-electron chi connectivity index (χ3n) is 5.81. The zero-order valence-electron chi connectivity index (χ0n) is 14.9. The average Bonchev–Trinajstić information content (AvgIpc) is 3.42. The number of aromatic carboxylic acids is 1. The highest BCUT2D eigenvalue weighted by Crippen LogP contribution is 2.50. The first-order valence-electron chi connectivity index (χ1n) is 9.21. The standard InChI is InChI=1S/C18H20FN5O3S/c19-12-13(22-21)11-14(17-15(12)23-4-7(20)3-9(23)6-28-17)24(8-1-2-8)5-10(16(11)25)18(26)27/h5,7-9,22H,1-4,6,20-21H2,(H,26,27). The number of nitrogens with zero attached hydrogens (tertiary/aromatic N) is 2. The number of nitrogens with one attached hydrogen (secondary N) is 1. The Morgan fingerprint density at radius 2 is 2.11 bits per heavy atom. The Bertz CT molecular complexity index is 1080. The van der Waals surface area contributed by atoms with Gasteiger partial charge in [0.15, 0.2) is 5.82 Å². The summed E-state index contributed by atoms with van der Waals surface area (Å²) in [6.07, 6.45) is 3.95. The van der Waals surface area contributed by atoms with Gasteiger partial charge in [-0.2, -0.15) is 0 Å². The van der Waals surface area contributed by atoms with Crippen molar-refractivity contribution in [3.8, 4) is 0 Å². The van der Waals surface area contributed by atoms with Crippen LogP contribution in [0.15, 0.2) is 15.9 Å². The second-order valence-electron chi connectivity index (χ2n) is 7.66. The maximum absolute atomic E-state index is 15.6. The van der Waals surface area contributed by atoms with Crippen LogP contribution in [0.4, 0.5) is 15.8 Å². The first-order valence-corrected chi connectivity index (χ1v) is 10.2. The number of rotatable bonds is 3. The monoisotopic (exact) mass is 405 g/mol. The fourth-order valence-corrected chi connectivity index (χ4v) is 5.79. The summed E-state index contributed by atoms with van der Waals surface area (Å²) in [6.45, 7) is 0.533. The second kappa shape index (κ2) is 6.10. The van der Waals surface area contributed by atoms with E-state index in [1.165, 1.54) is 18.0 Å². The molecule has 3 heterocycles. The minimum atomic E-state index is -1.33. The van der Waals surface area contributed by atoms with Gasteiger partial charge in [-0.3, -0.25) is 10.6 Å². The molecule has 1 aromatic carbocycles. The summed E-state index contributed by atoms with van der Waals surface area (Å²) in [5.74, 6) is 4.40. The first-order chi connectivity index (χ1) is 13.4. The Kier molecular flexibility index (Phi) is 3.87. The van der Waals surface area contributed by atoms with Gasteiger partial charge in [-0.25, -0.2) is 9.18 Å². The number of aromatic nitrogens is 1. The number of carbonyl (C=O) groups is 1. The summed E-state index contributed by atoms with van der Waals surface area (Å²) < 4.78 is 17.4. The molecule has 2 atom stereocenters. The van der Waals surface area contributed by atoms with Crippen molar-refractivity contribution in [3.63, 3.8) is 0 Å². The summed E-state index contributed by atoms with van der Waals surface area (Å²) in [7, 11) is 0. The molecule has 2 aromatic rings. The van der Waals surface area contributed by atoms with Crippen molar-refractivity contribution in [1.29, 1.82) is 0 Å². The molecule has 6 N–H and O–H groups in total. The molecule has 2 unspecified atom stereocenters. The van der Waals surface area contributed by atoms with E-state index in [4.69, 9.17) is 11.6 Å². The van der Waals surface area contributed by atoms with Gasteiger partial charge < -0.3 is 25.7 Å². The maximum atomic E-state index is 15.6. The molecule has 8 nitrogen and oxygen atoms in total. The van der Waals surface area contributed by atoms with E-state index in [1.807, 2.05) is 9.47 Å². The van der Waals surface area contributed by atoms with Gasteiger partial charge in [0, 0.05) is 36.6 Å². The van der Waals surface area contributed by atoms with Crippen LogP contribution in [-0.2, 0) is 0 Å². The molecule has 0 bridgehead atoms. The molecule has 1 saturated heterocycles. The predicted octanol–water partition coefficient (Wildman–Crippen LogP) is 1.47. The van der Waals surface area contributed by atoms with Gasteiger partial charge in [-0.05, 0) is 19.3 Å². The Morgan fingerprint density at radius 1 is 1.36 bits per heavy atom. The maximum Gasteiger partial charge on any atom is 0.341 e. The van der Waals surface area contributed by atoms with Crippen LogP contribution < -0.4 is 27.3 Å². The molecule has 0 radical (unpaired) electrons. The number of benzene rings is 1. The van der Waals surface area contributed by atoms with E-state index in [2.05, 4.69) is 5.43 Å². The van der Waals surface area contributed by atoms with Crippen molar-refractivity contribution in [2.24, 2.45) is 11.6 Å². The molecular weight excluding hydrogens is 385 g/mol. The van der Waals surface area contributed by atoms with E-state index >= 15 is 4.39 Å². The van der Waals surface area contributed by atoms with Crippen molar-refractivity contribution in [2.75, 3.05) is 22.6 Å². The van der Waals surface area contributed by atoms with E-state index in [9.17, 15) is 14.7 Å². The van der Waals surface area contributed by atoms with Gasteiger partial charge in [0.25, 0.3) is 0 Å². The van der Waals surface area contributed by atoms with Crippen LogP contribution in [0.25, 0.3) is 10.9 Å². The van der Waals surface area contributed by atoms with Gasteiger partial charge in [0.2, 0.25) is 5.43 Å². The van der Waals surface area contributed by atoms with Crippen LogP contribution >= 0.6 is 11.8 Å². The molecule has 2 fully saturated rings. The van der Waals surface area contributed by atoms with E-state index in [1.54, 1.807) is 0 Å². The lowest BCUT2D eigenvalue weighted by Gasteiger charge is -2.35. The van der Waals surface area contributed by atoms with Gasteiger partial charge in [0.1, 0.15) is 11.3 Å². The van der Waals surface area contributed by atoms with Gasteiger partial charge >= 0.3 is 5.97 Å². The van der Waals surface area contributed by atoms with E-state index < -0.39 is 17.2 Å². The molecule has 0 amide bonds. The van der Waals surface area contributed by atoms with Gasteiger partial charge in [-0.1, -0.05) is 0 Å². The molecule has 1 saturated carbocycles. The molecule has 2 aliphatic heterocycles. The minimum Gasteiger partial charge on any atom is -0.477 e. The fourth-order valence-electron chi connectivity index (χ4n) is 4.42. The van der Waals surface area contributed by atoms with Gasteiger partial charge in [0.05, 0.1) is 21.5 Å². The number of hydrogen-bond donors (Lipinski definition) is 4. The summed E-state index contributed by atoms with van der Waals surface area (Å²) in [4.78, 5) is 27.2. The lowest BCUT2D eigenvalue weighted by atomic mass is 10.1. The first kappa shape index (κ1) is 17.8. The van der Waals surface area contributed by atoms with Crippen LogP contribution in [0.5, 0.6) is 0 Å². The third kappa shape index (κ3) is 2.38. The Balaban J connectivity index is 1.92. The number of nitrogens with two attached hydrogens (primary N) is 2. The number of carboxylic acid groups (broad SMARTS) is 1. The number of nitrogen functional groups attached to an aromatic ring is 1. The lowest BCUT2D eigenvalue weighted by molar-refractivity contribution is 0.0695. The Hall–Kier alpha value is -2.30. The molecule has 28 heavy (non-hydrogen) atoms. The zero-order chi connectivity index (χ0) is 19.7. The normalized spacial score (nSPS) is 23.6. The molecule has 1 aliphatic carbocycles. The van der Waals surface area contributed by atoms with Crippen molar-refractivity contribution in [3.05, 3.63) is 27.8 Å². The highest BCUT2D eigenvalue weighted by Gasteiger charge is 2.40. The Morgan fingerprint density at radius 3 is 2.75 bits per heavy atom. The second-order valence-corrected chi connectivity index (χ2v) is 8.69. The van der Waals surface area contributed by atoms with Crippen LogP contribution in [0, 0.1) is 5.82 Å². The highest BCUT2D eigenvalue weighted by atomic mass is 32.2.